The molecule has 0 amide bonds. The van der Waals surface area contributed by atoms with Crippen LogP contribution in [0.3, 0.4) is 0 Å². The van der Waals surface area contributed by atoms with Crippen LogP contribution in [0.25, 0.3) is 199 Å². The van der Waals surface area contributed by atoms with Gasteiger partial charge in [-0.3, -0.25) is 0 Å². The molecule has 0 spiro atoms. The molecule has 0 aliphatic heterocycles. The standard InChI is InChI=1S/3C48H33NO/c1-3-13-34(14-4-1)37-17-11-18-38(31-37)36-25-27-41(28-26-36)49(42-29-30-45-44-22-8-10-24-47(44)50-48(45)33-42)46-23-9-7-21-43(46)40-20-12-19-39(32-40)35-15-5-2-6-16-35;1-3-12-34(13-4-1)36-22-24-38(25-23-36)43-18-7-9-20-46(43)49(42-30-31-45-44-19-8-10-21-47(44)50-48(45)33-42)41-28-26-37(27-29-41)40-17-11-16-39(32-40)35-14-5-2-6-15-35;1-3-14-34(15-4-1)37-18-13-19-38(32-37)35-26-28-39(29-27-35)49(40-30-31-45-44-23-10-12-25-47(44)50-48(45)33-40)46-24-11-9-22-43(46)42-21-8-7-20-41(42)36-16-5-2-6-17-36/h3*1-33H. The van der Waals surface area contributed by atoms with E-state index in [9.17, 15) is 0 Å². The van der Waals surface area contributed by atoms with E-state index in [-0.39, 0.29) is 0 Å². The number of hydrogen-bond donors (Lipinski definition) is 0. The Hall–Kier alpha value is -19.9. The van der Waals surface area contributed by atoms with Crippen molar-refractivity contribution in [2.45, 2.75) is 0 Å². The van der Waals surface area contributed by atoms with E-state index in [1.54, 1.807) is 0 Å². The molecule has 27 aromatic rings. The number of furan rings is 3. The van der Waals surface area contributed by atoms with E-state index in [0.717, 1.165) is 145 Å². The summed E-state index contributed by atoms with van der Waals surface area (Å²) in [5.41, 5.74) is 43.3. The van der Waals surface area contributed by atoms with E-state index in [1.165, 1.54) is 106 Å². The molecule has 0 fully saturated rings. The minimum Gasteiger partial charge on any atom is -0.456 e. The van der Waals surface area contributed by atoms with Gasteiger partial charge in [0.2, 0.25) is 0 Å². The minimum absolute atomic E-state index is 0.866. The maximum absolute atomic E-state index is 6.40. The molecular weight excluding hydrogens is 1820 g/mol. The molecule has 150 heavy (non-hydrogen) atoms. The molecule has 0 N–H and O–H groups in total. The van der Waals surface area contributed by atoms with Crippen LogP contribution in [0.1, 0.15) is 0 Å². The van der Waals surface area contributed by atoms with Crippen LogP contribution < -0.4 is 14.7 Å². The van der Waals surface area contributed by atoms with Gasteiger partial charge in [-0.2, -0.15) is 0 Å². The van der Waals surface area contributed by atoms with Gasteiger partial charge in [-0.05, 0) is 250 Å². The van der Waals surface area contributed by atoms with Crippen molar-refractivity contribution in [1.29, 1.82) is 0 Å². The molecule has 27 rings (SSSR count). The molecule has 0 aliphatic carbocycles. The monoisotopic (exact) mass is 1920 g/mol. The molecule has 3 heterocycles. The van der Waals surface area contributed by atoms with Crippen LogP contribution in [0.15, 0.2) is 614 Å². The van der Waals surface area contributed by atoms with E-state index in [0.29, 0.717) is 0 Å². The Balaban J connectivity index is 0.000000116. The van der Waals surface area contributed by atoms with Gasteiger partial charge >= 0.3 is 0 Å². The summed E-state index contributed by atoms with van der Waals surface area (Å²) in [6.45, 7) is 0. The first-order valence-electron chi connectivity index (χ1n) is 51.0. The number of nitrogens with zero attached hydrogens (tertiary/aromatic N) is 3. The van der Waals surface area contributed by atoms with Crippen molar-refractivity contribution in [2.24, 2.45) is 0 Å². The molecule has 0 unspecified atom stereocenters. The molecular formula is C144H99N3O3. The first-order chi connectivity index (χ1) is 74.4. The Labute approximate surface area is 872 Å². The third kappa shape index (κ3) is 18.8. The van der Waals surface area contributed by atoms with Gasteiger partial charge in [0, 0.05) is 101 Å². The molecule has 6 nitrogen and oxygen atoms in total. The van der Waals surface area contributed by atoms with Crippen LogP contribution in [0.4, 0.5) is 51.2 Å². The van der Waals surface area contributed by atoms with E-state index >= 15 is 0 Å². The fourth-order valence-electron chi connectivity index (χ4n) is 21.1. The summed E-state index contributed by atoms with van der Waals surface area (Å²) < 4.78 is 19.2. The Morgan fingerprint density at radius 3 is 0.627 bits per heavy atom. The zero-order chi connectivity index (χ0) is 99.8. The van der Waals surface area contributed by atoms with Gasteiger partial charge in [0.25, 0.3) is 0 Å². The topological polar surface area (TPSA) is 49.1 Å². The summed E-state index contributed by atoms with van der Waals surface area (Å²) in [6.07, 6.45) is 0. The Kier molecular flexibility index (Phi) is 25.2. The lowest BCUT2D eigenvalue weighted by molar-refractivity contribution is 0.668. The van der Waals surface area contributed by atoms with Crippen LogP contribution in [0.2, 0.25) is 0 Å². The normalized spacial score (nSPS) is 11.2. The average molecular weight is 1920 g/mol. The molecule has 0 saturated heterocycles. The highest BCUT2D eigenvalue weighted by molar-refractivity contribution is 6.10. The van der Waals surface area contributed by atoms with Gasteiger partial charge in [0.05, 0.1) is 17.1 Å². The zero-order valence-electron chi connectivity index (χ0n) is 82.2. The summed E-state index contributed by atoms with van der Waals surface area (Å²) in [7, 11) is 0. The summed E-state index contributed by atoms with van der Waals surface area (Å²) >= 11 is 0. The second-order valence-corrected chi connectivity index (χ2v) is 37.7. The van der Waals surface area contributed by atoms with E-state index < -0.39 is 0 Å². The first kappa shape index (κ1) is 91.3. The van der Waals surface area contributed by atoms with Crippen LogP contribution >= 0.6 is 0 Å². The molecule has 0 aliphatic rings. The maximum atomic E-state index is 6.40. The highest BCUT2D eigenvalue weighted by atomic mass is 16.3. The van der Waals surface area contributed by atoms with Crippen LogP contribution in [-0.2, 0) is 0 Å². The fourth-order valence-corrected chi connectivity index (χ4v) is 21.1. The average Bonchev–Trinajstić information content (AvgIpc) is 1.57. The van der Waals surface area contributed by atoms with Gasteiger partial charge in [-0.25, -0.2) is 0 Å². The molecule has 0 atom stereocenters. The van der Waals surface area contributed by atoms with Crippen LogP contribution in [0, 0.1) is 0 Å². The second-order valence-electron chi connectivity index (χ2n) is 37.7. The number of rotatable bonds is 21. The van der Waals surface area contributed by atoms with Gasteiger partial charge < -0.3 is 28.0 Å². The Morgan fingerprint density at radius 2 is 0.293 bits per heavy atom. The molecule has 6 heteroatoms. The fraction of sp³-hybridized carbons (Fsp3) is 0. The molecule has 0 radical (unpaired) electrons. The van der Waals surface area contributed by atoms with Crippen LogP contribution in [0.5, 0.6) is 0 Å². The zero-order valence-corrected chi connectivity index (χ0v) is 82.2. The first-order valence-corrected chi connectivity index (χ1v) is 51.0. The largest absolute Gasteiger partial charge is 0.456 e. The lowest BCUT2D eigenvalue weighted by Crippen LogP contribution is -2.11. The number of para-hydroxylation sites is 6. The van der Waals surface area contributed by atoms with Gasteiger partial charge in [-0.1, -0.05) is 449 Å². The highest BCUT2D eigenvalue weighted by Crippen LogP contribution is 2.51. The SMILES string of the molecule is c1ccc(-c2ccc(-c3ccccc3N(c3ccc(-c4cccc(-c5ccccc5)c4)cc3)c3ccc4c(c3)oc3ccccc34)cc2)cc1.c1ccc(-c2cccc(-c3ccc(N(c4ccc5c(c4)oc4ccccc45)c4ccccc4-c4cccc(-c5ccccc5)c4)cc3)c2)cc1.c1ccc(-c2cccc(-c3ccc(N(c4ccc5c(c4)oc4ccccc45)c4ccccc4-c4ccccc4-c4ccccc4)cc3)c2)cc1. The van der Waals surface area contributed by atoms with Crippen molar-refractivity contribution in [3.8, 4) is 134 Å². The van der Waals surface area contributed by atoms with Crippen molar-refractivity contribution in [3.63, 3.8) is 0 Å². The third-order valence-electron chi connectivity index (χ3n) is 28.5. The predicted molar refractivity (Wildman–Crippen MR) is 630 cm³/mol. The molecule has 0 saturated carbocycles. The van der Waals surface area contributed by atoms with Crippen molar-refractivity contribution in [1.82, 2.24) is 0 Å². The summed E-state index contributed by atoms with van der Waals surface area (Å²) in [5.74, 6) is 0. The Morgan fingerprint density at radius 1 is 0.100 bits per heavy atom. The number of benzene rings is 24. The van der Waals surface area contributed by atoms with Gasteiger partial charge in [0.1, 0.15) is 33.5 Å². The smallest absolute Gasteiger partial charge is 0.137 e. The summed E-state index contributed by atoms with van der Waals surface area (Å²) in [6, 6.07) is 213. The molecule has 3 aromatic heterocycles. The van der Waals surface area contributed by atoms with E-state index in [1.807, 2.05) is 36.4 Å². The number of anilines is 9. The third-order valence-corrected chi connectivity index (χ3v) is 28.5. The molecule has 24 aromatic carbocycles. The second kappa shape index (κ2) is 41.4. The maximum Gasteiger partial charge on any atom is 0.137 e. The predicted octanol–water partition coefficient (Wildman–Crippen LogP) is 41.2. The van der Waals surface area contributed by atoms with Crippen molar-refractivity contribution >= 4 is 117 Å². The van der Waals surface area contributed by atoms with Gasteiger partial charge in [-0.15, -0.1) is 0 Å². The molecule has 708 valence electrons. The van der Waals surface area contributed by atoms with Crippen LogP contribution in [-0.4, -0.2) is 0 Å². The van der Waals surface area contributed by atoms with E-state index in [2.05, 4.69) is 579 Å². The van der Waals surface area contributed by atoms with E-state index in [4.69, 9.17) is 13.3 Å². The lowest BCUT2D eigenvalue weighted by atomic mass is 9.93. The summed E-state index contributed by atoms with van der Waals surface area (Å²) in [4.78, 5) is 7.05. The quantitative estimate of drug-likeness (QED) is 0.0715. The highest BCUT2D eigenvalue weighted by Gasteiger charge is 2.26. The van der Waals surface area contributed by atoms with Gasteiger partial charge in [0.15, 0.2) is 0 Å². The number of hydrogen-bond acceptors (Lipinski definition) is 6. The molecule has 0 bridgehead atoms. The summed E-state index contributed by atoms with van der Waals surface area (Å²) in [5, 5.41) is 6.72. The number of fused-ring (bicyclic) bond motifs is 9. The van der Waals surface area contributed by atoms with Crippen molar-refractivity contribution in [3.05, 3.63) is 601 Å². The van der Waals surface area contributed by atoms with Crippen molar-refractivity contribution < 1.29 is 13.3 Å². The van der Waals surface area contributed by atoms with Crippen molar-refractivity contribution in [2.75, 3.05) is 14.7 Å². The minimum atomic E-state index is 0.866. The Bertz CT molecular complexity index is 9480. The lowest BCUT2D eigenvalue weighted by Gasteiger charge is -2.28.